The summed E-state index contributed by atoms with van der Waals surface area (Å²) in [7, 11) is 0. The molecular weight excluding hydrogens is 759 g/mol. The molecule has 10 aliphatic carbocycles. The molecule has 7 aromatic carbocycles. The third-order valence-electron chi connectivity index (χ3n) is 19.0. The lowest BCUT2D eigenvalue weighted by Crippen LogP contribution is -2.55. The first-order chi connectivity index (χ1) is 31.1. The number of hydrogen-bond acceptors (Lipinski definition) is 1. The van der Waals surface area contributed by atoms with Gasteiger partial charge in [0, 0.05) is 27.9 Å². The summed E-state index contributed by atoms with van der Waals surface area (Å²) in [6, 6.07) is 64.2. The van der Waals surface area contributed by atoms with Crippen molar-refractivity contribution in [3.05, 3.63) is 186 Å². The zero-order chi connectivity index (χ0) is 41.0. The van der Waals surface area contributed by atoms with Gasteiger partial charge in [-0.1, -0.05) is 121 Å². The van der Waals surface area contributed by atoms with Crippen molar-refractivity contribution in [3.8, 4) is 44.5 Å². The molecule has 2 spiro atoms. The summed E-state index contributed by atoms with van der Waals surface area (Å²) in [5.41, 5.74) is 21.4. The summed E-state index contributed by atoms with van der Waals surface area (Å²) in [4.78, 5) is 2.63. The Hall–Kier alpha value is -5.66. The molecule has 0 N–H and O–H groups in total. The van der Waals surface area contributed by atoms with E-state index in [1.54, 1.807) is 22.3 Å². The molecule has 63 heavy (non-hydrogen) atoms. The van der Waals surface area contributed by atoms with Crippen LogP contribution in [0.15, 0.2) is 164 Å². The Bertz CT molecular complexity index is 2740. The molecule has 0 heterocycles. The number of anilines is 3. The highest BCUT2D eigenvalue weighted by atomic mass is 15.1. The van der Waals surface area contributed by atoms with E-state index in [-0.39, 0.29) is 10.8 Å². The third-order valence-corrected chi connectivity index (χ3v) is 19.0. The van der Waals surface area contributed by atoms with Crippen molar-refractivity contribution in [3.63, 3.8) is 0 Å². The quantitative estimate of drug-likeness (QED) is 0.167. The van der Waals surface area contributed by atoms with E-state index in [1.807, 2.05) is 0 Å². The zero-order valence-electron chi connectivity index (χ0n) is 36.2. The third kappa shape index (κ3) is 4.79. The summed E-state index contributed by atoms with van der Waals surface area (Å²) in [5.74, 6) is 6.74. The van der Waals surface area contributed by atoms with Crippen LogP contribution < -0.4 is 4.90 Å². The van der Waals surface area contributed by atoms with Crippen LogP contribution in [0, 0.1) is 47.3 Å². The topological polar surface area (TPSA) is 3.24 Å². The van der Waals surface area contributed by atoms with Crippen LogP contribution in [0.1, 0.15) is 86.5 Å². The molecule has 10 aliphatic rings. The van der Waals surface area contributed by atoms with Gasteiger partial charge in [-0.15, -0.1) is 0 Å². The number of hydrogen-bond donors (Lipinski definition) is 0. The van der Waals surface area contributed by atoms with Crippen LogP contribution in [0.25, 0.3) is 44.5 Å². The molecule has 1 nitrogen and oxygen atoms in total. The highest BCUT2D eigenvalue weighted by Crippen LogP contribution is 2.71. The molecule has 17 rings (SSSR count). The van der Waals surface area contributed by atoms with E-state index >= 15 is 0 Å². The molecule has 8 bridgehead atoms. The second-order valence-corrected chi connectivity index (χ2v) is 21.7. The Morgan fingerprint density at radius 2 is 0.651 bits per heavy atom. The Kier molecular flexibility index (Phi) is 7.36. The minimum Gasteiger partial charge on any atom is -0.310 e. The molecule has 308 valence electrons. The highest BCUT2D eigenvalue weighted by molar-refractivity contribution is 5.92. The number of rotatable bonds is 5. The molecule has 0 radical (unpaired) electrons. The van der Waals surface area contributed by atoms with Crippen LogP contribution in [0.5, 0.6) is 0 Å². The normalized spacial score (nSPS) is 31.6. The minimum absolute atomic E-state index is 0.153. The molecule has 0 aliphatic heterocycles. The average Bonchev–Trinajstić information content (AvgIpc) is 3.78. The second-order valence-electron chi connectivity index (χ2n) is 21.7. The van der Waals surface area contributed by atoms with Crippen molar-refractivity contribution in [2.75, 3.05) is 4.90 Å². The Balaban J connectivity index is 0.959. The summed E-state index contributed by atoms with van der Waals surface area (Å²) in [6.07, 6.45) is 14.2. The number of nitrogens with zero attached hydrogens (tertiary/aromatic N) is 1. The van der Waals surface area contributed by atoms with Crippen molar-refractivity contribution in [1.82, 2.24) is 0 Å². The lowest BCUT2D eigenvalue weighted by Gasteiger charge is -2.61. The van der Waals surface area contributed by atoms with E-state index in [1.165, 1.54) is 126 Å². The lowest BCUT2D eigenvalue weighted by atomic mass is 9.43. The molecule has 0 amide bonds. The van der Waals surface area contributed by atoms with Crippen LogP contribution >= 0.6 is 0 Å². The summed E-state index contributed by atoms with van der Waals surface area (Å²) in [6.45, 7) is 0. The van der Waals surface area contributed by atoms with Crippen LogP contribution in [-0.4, -0.2) is 0 Å². The minimum atomic E-state index is 0.153. The highest BCUT2D eigenvalue weighted by Gasteiger charge is 2.63. The van der Waals surface area contributed by atoms with Gasteiger partial charge in [-0.05, 0) is 221 Å². The van der Waals surface area contributed by atoms with Crippen LogP contribution in [0.2, 0.25) is 0 Å². The van der Waals surface area contributed by atoms with Gasteiger partial charge in [0.2, 0.25) is 0 Å². The standard InChI is InChI=1S/C62H55N/c1-3-11-42(12-4-1)44-33-45(43-13-5-2-6-14-43)35-52(34-44)63(50-19-21-59-55(36-50)53-15-7-9-17-57(53)61(59)46-25-38-23-39(27-46)28-47(61)26-38)51-20-22-60-56(37-51)54-16-8-10-18-58(54)62(60)48-29-40-24-41(31-48)32-49(62)30-40/h1-22,33-41,46-49H,23-32H2/t38-,39?,40-,41?,46-,47+,48-,49+,61-,62+. The fraction of sp³-hybridized carbons (Fsp3) is 0.323. The van der Waals surface area contributed by atoms with Crippen LogP contribution in [0.3, 0.4) is 0 Å². The van der Waals surface area contributed by atoms with Gasteiger partial charge in [0.05, 0.1) is 0 Å². The maximum Gasteiger partial charge on any atom is 0.0473 e. The van der Waals surface area contributed by atoms with E-state index in [2.05, 4.69) is 169 Å². The van der Waals surface area contributed by atoms with E-state index in [0.29, 0.717) is 0 Å². The maximum absolute atomic E-state index is 2.63. The first kappa shape index (κ1) is 35.8. The van der Waals surface area contributed by atoms with Crippen molar-refractivity contribution in [2.24, 2.45) is 47.3 Å². The first-order valence-corrected chi connectivity index (χ1v) is 24.7. The van der Waals surface area contributed by atoms with Crippen molar-refractivity contribution >= 4 is 17.1 Å². The Morgan fingerprint density at radius 1 is 0.286 bits per heavy atom. The largest absolute Gasteiger partial charge is 0.310 e. The lowest BCUT2D eigenvalue weighted by molar-refractivity contribution is -0.0399. The van der Waals surface area contributed by atoms with Gasteiger partial charge in [-0.3, -0.25) is 0 Å². The molecular formula is C62H55N. The summed E-state index contributed by atoms with van der Waals surface area (Å²) >= 11 is 0. The summed E-state index contributed by atoms with van der Waals surface area (Å²) < 4.78 is 0. The van der Waals surface area contributed by atoms with E-state index in [9.17, 15) is 0 Å². The fourth-order valence-electron chi connectivity index (χ4n) is 17.4. The smallest absolute Gasteiger partial charge is 0.0473 e. The molecule has 0 aromatic heterocycles. The Labute approximate surface area is 373 Å². The van der Waals surface area contributed by atoms with E-state index < -0.39 is 0 Å². The summed E-state index contributed by atoms with van der Waals surface area (Å²) in [5, 5.41) is 0. The molecule has 7 aromatic rings. The van der Waals surface area contributed by atoms with E-state index in [4.69, 9.17) is 0 Å². The van der Waals surface area contributed by atoms with Gasteiger partial charge in [-0.25, -0.2) is 0 Å². The number of fused-ring (bicyclic) bond motifs is 6. The molecule has 0 saturated heterocycles. The van der Waals surface area contributed by atoms with Crippen LogP contribution in [-0.2, 0) is 10.8 Å². The predicted molar refractivity (Wildman–Crippen MR) is 259 cm³/mol. The van der Waals surface area contributed by atoms with Gasteiger partial charge in [0.1, 0.15) is 0 Å². The molecule has 8 saturated carbocycles. The SMILES string of the molecule is c1ccc(-c2cc(-c3ccccc3)cc(N(c3ccc4c(c3)-c3ccccc3[C@]43[C@H]4CC5C[C@H](C4)C[C@H]3C5)c3ccc4c(c3)-c3ccccc3[C@]43[C@@H]4CC5C[C@@H](C4)C[C@@H]3C5)c2)cc1. The molecule has 0 unspecified atom stereocenters. The van der Waals surface area contributed by atoms with Crippen molar-refractivity contribution in [2.45, 2.75) is 75.0 Å². The Morgan fingerprint density at radius 3 is 1.06 bits per heavy atom. The van der Waals surface area contributed by atoms with Gasteiger partial charge >= 0.3 is 0 Å². The van der Waals surface area contributed by atoms with Gasteiger partial charge < -0.3 is 4.90 Å². The fourth-order valence-corrected chi connectivity index (χ4v) is 17.4. The van der Waals surface area contributed by atoms with Crippen molar-refractivity contribution in [1.29, 1.82) is 0 Å². The second kappa shape index (κ2) is 13.0. The molecule has 1 heteroatoms. The first-order valence-electron chi connectivity index (χ1n) is 24.7. The average molecular weight is 814 g/mol. The zero-order valence-corrected chi connectivity index (χ0v) is 36.2. The van der Waals surface area contributed by atoms with Gasteiger partial charge in [-0.2, -0.15) is 0 Å². The van der Waals surface area contributed by atoms with Crippen molar-refractivity contribution < 1.29 is 0 Å². The van der Waals surface area contributed by atoms with Crippen LogP contribution in [0.4, 0.5) is 17.1 Å². The van der Waals surface area contributed by atoms with E-state index in [0.717, 1.165) is 47.3 Å². The molecule has 0 atom stereocenters. The van der Waals surface area contributed by atoms with Gasteiger partial charge in [0.15, 0.2) is 0 Å². The monoisotopic (exact) mass is 813 g/mol. The van der Waals surface area contributed by atoms with Gasteiger partial charge in [0.25, 0.3) is 0 Å². The predicted octanol–water partition coefficient (Wildman–Crippen LogP) is 15.9. The number of benzene rings is 7. The molecule has 8 fully saturated rings. The maximum atomic E-state index is 2.63.